The molecule has 2 unspecified atom stereocenters. The lowest BCUT2D eigenvalue weighted by Crippen LogP contribution is -2.44. The van der Waals surface area contributed by atoms with E-state index >= 15 is 0 Å². The first-order valence-corrected chi connectivity index (χ1v) is 5.99. The first-order chi connectivity index (χ1) is 8.97. The number of aliphatic carboxylic acids is 1. The average Bonchev–Trinajstić information content (AvgIpc) is 2.67. The standard InChI is InChI=1S/C13H15FN2O3/c14-9-3-1-8(2-4-9)5-11(13(18)19)16-7-10(15)6-12(16)17/h1-4,10-11H,5-7,15H2,(H,18,19). The Kier molecular flexibility index (Phi) is 3.80. The van der Waals surface area contributed by atoms with Gasteiger partial charge in [0.25, 0.3) is 0 Å². The van der Waals surface area contributed by atoms with Gasteiger partial charge in [-0.3, -0.25) is 4.79 Å². The minimum Gasteiger partial charge on any atom is -0.480 e. The molecule has 1 amide bonds. The van der Waals surface area contributed by atoms with Gasteiger partial charge >= 0.3 is 5.97 Å². The van der Waals surface area contributed by atoms with Gasteiger partial charge in [0.05, 0.1) is 0 Å². The summed E-state index contributed by atoms with van der Waals surface area (Å²) in [5.41, 5.74) is 6.33. The summed E-state index contributed by atoms with van der Waals surface area (Å²) in [7, 11) is 0. The molecule has 102 valence electrons. The van der Waals surface area contributed by atoms with Gasteiger partial charge in [-0.1, -0.05) is 12.1 Å². The van der Waals surface area contributed by atoms with Gasteiger partial charge in [0, 0.05) is 25.4 Å². The van der Waals surface area contributed by atoms with Crippen molar-refractivity contribution in [3.63, 3.8) is 0 Å². The quantitative estimate of drug-likeness (QED) is 0.825. The summed E-state index contributed by atoms with van der Waals surface area (Å²) in [5, 5.41) is 9.24. The van der Waals surface area contributed by atoms with Gasteiger partial charge < -0.3 is 15.7 Å². The third-order valence-electron chi connectivity index (χ3n) is 3.19. The van der Waals surface area contributed by atoms with Crippen molar-refractivity contribution in [1.82, 2.24) is 4.90 Å². The van der Waals surface area contributed by atoms with Crippen molar-refractivity contribution in [3.8, 4) is 0 Å². The third kappa shape index (κ3) is 3.08. The molecule has 1 aliphatic heterocycles. The van der Waals surface area contributed by atoms with Crippen LogP contribution in [0.15, 0.2) is 24.3 Å². The number of nitrogens with two attached hydrogens (primary N) is 1. The number of hydrogen-bond donors (Lipinski definition) is 2. The first-order valence-electron chi connectivity index (χ1n) is 5.99. The molecule has 0 bridgehead atoms. The van der Waals surface area contributed by atoms with Crippen LogP contribution in [0, 0.1) is 5.82 Å². The lowest BCUT2D eigenvalue weighted by Gasteiger charge is -2.24. The fraction of sp³-hybridized carbons (Fsp3) is 0.385. The van der Waals surface area contributed by atoms with E-state index in [4.69, 9.17) is 5.73 Å². The van der Waals surface area contributed by atoms with Crippen LogP contribution in [0.2, 0.25) is 0 Å². The van der Waals surface area contributed by atoms with E-state index in [9.17, 15) is 19.1 Å². The summed E-state index contributed by atoms with van der Waals surface area (Å²) in [6.45, 7) is 0.247. The van der Waals surface area contributed by atoms with E-state index in [2.05, 4.69) is 0 Å². The van der Waals surface area contributed by atoms with Crippen molar-refractivity contribution in [2.45, 2.75) is 24.9 Å². The molecular formula is C13H15FN2O3. The van der Waals surface area contributed by atoms with Gasteiger partial charge in [-0.15, -0.1) is 0 Å². The minimum absolute atomic E-state index is 0.147. The second-order valence-electron chi connectivity index (χ2n) is 4.69. The number of benzene rings is 1. The van der Waals surface area contributed by atoms with Gasteiger partial charge in [-0.25, -0.2) is 9.18 Å². The van der Waals surface area contributed by atoms with Crippen LogP contribution in [0.1, 0.15) is 12.0 Å². The number of hydrogen-bond acceptors (Lipinski definition) is 3. The molecule has 6 heteroatoms. The number of rotatable bonds is 4. The fourth-order valence-corrected chi connectivity index (χ4v) is 2.24. The Morgan fingerprint density at radius 3 is 2.58 bits per heavy atom. The lowest BCUT2D eigenvalue weighted by atomic mass is 10.0. The zero-order valence-electron chi connectivity index (χ0n) is 10.3. The van der Waals surface area contributed by atoms with E-state index < -0.39 is 12.0 Å². The van der Waals surface area contributed by atoms with E-state index in [-0.39, 0.29) is 37.2 Å². The highest BCUT2D eigenvalue weighted by molar-refractivity contribution is 5.85. The van der Waals surface area contributed by atoms with Crippen LogP contribution in [0.25, 0.3) is 0 Å². The fourth-order valence-electron chi connectivity index (χ4n) is 2.24. The molecule has 0 spiro atoms. The van der Waals surface area contributed by atoms with Crippen LogP contribution in [0.5, 0.6) is 0 Å². The van der Waals surface area contributed by atoms with Crippen molar-refractivity contribution < 1.29 is 19.1 Å². The molecular weight excluding hydrogens is 251 g/mol. The average molecular weight is 266 g/mol. The van der Waals surface area contributed by atoms with Crippen LogP contribution < -0.4 is 5.73 Å². The second-order valence-corrected chi connectivity index (χ2v) is 4.69. The maximum absolute atomic E-state index is 12.8. The van der Waals surface area contributed by atoms with Crippen molar-refractivity contribution >= 4 is 11.9 Å². The summed E-state index contributed by atoms with van der Waals surface area (Å²) < 4.78 is 12.8. The Morgan fingerprint density at radius 2 is 2.11 bits per heavy atom. The van der Waals surface area contributed by atoms with E-state index in [0.29, 0.717) is 5.56 Å². The second kappa shape index (κ2) is 5.36. The topological polar surface area (TPSA) is 83.6 Å². The summed E-state index contributed by atoms with van der Waals surface area (Å²) >= 11 is 0. The van der Waals surface area contributed by atoms with Crippen LogP contribution >= 0.6 is 0 Å². The molecule has 0 radical (unpaired) electrons. The number of carboxylic acids is 1. The number of amides is 1. The Bertz CT molecular complexity index is 489. The number of nitrogens with zero attached hydrogens (tertiary/aromatic N) is 1. The highest BCUT2D eigenvalue weighted by Crippen LogP contribution is 2.17. The summed E-state index contributed by atoms with van der Waals surface area (Å²) in [4.78, 5) is 24.3. The Labute approximate surface area is 109 Å². The van der Waals surface area contributed by atoms with Gasteiger partial charge in [0.2, 0.25) is 5.91 Å². The zero-order chi connectivity index (χ0) is 14.0. The molecule has 1 aromatic rings. The molecule has 2 atom stereocenters. The third-order valence-corrected chi connectivity index (χ3v) is 3.19. The number of carboxylic acid groups (broad SMARTS) is 1. The number of likely N-dealkylation sites (tertiary alicyclic amines) is 1. The minimum atomic E-state index is -1.08. The highest BCUT2D eigenvalue weighted by atomic mass is 19.1. The molecule has 1 heterocycles. The van der Waals surface area contributed by atoms with Gasteiger partial charge in [0.15, 0.2) is 0 Å². The highest BCUT2D eigenvalue weighted by Gasteiger charge is 2.36. The van der Waals surface area contributed by atoms with Gasteiger partial charge in [-0.2, -0.15) is 0 Å². The molecule has 2 rings (SSSR count). The molecule has 0 saturated carbocycles. The number of carbonyl (C=O) groups is 2. The predicted octanol–water partition coefficient (Wildman–Crippen LogP) is 0.381. The SMILES string of the molecule is NC1CC(=O)N(C(Cc2ccc(F)cc2)C(=O)O)C1. The maximum Gasteiger partial charge on any atom is 0.326 e. The molecule has 5 nitrogen and oxygen atoms in total. The van der Waals surface area contributed by atoms with E-state index in [0.717, 1.165) is 0 Å². The summed E-state index contributed by atoms with van der Waals surface area (Å²) in [5.74, 6) is -1.70. The first kappa shape index (κ1) is 13.5. The molecule has 0 aliphatic carbocycles. The van der Waals surface area contributed by atoms with E-state index in [1.807, 2.05) is 0 Å². The molecule has 3 N–H and O–H groups in total. The monoisotopic (exact) mass is 266 g/mol. The van der Waals surface area contributed by atoms with Crippen molar-refractivity contribution in [2.75, 3.05) is 6.54 Å². The smallest absolute Gasteiger partial charge is 0.326 e. The van der Waals surface area contributed by atoms with Crippen LogP contribution in [0.3, 0.4) is 0 Å². The van der Waals surface area contributed by atoms with Crippen molar-refractivity contribution in [1.29, 1.82) is 0 Å². The lowest BCUT2D eigenvalue weighted by molar-refractivity contribution is -0.148. The van der Waals surface area contributed by atoms with Crippen LogP contribution in [0.4, 0.5) is 4.39 Å². The normalized spacial score (nSPS) is 20.6. The van der Waals surface area contributed by atoms with Gasteiger partial charge in [-0.05, 0) is 17.7 Å². The van der Waals surface area contributed by atoms with Gasteiger partial charge in [0.1, 0.15) is 11.9 Å². The molecule has 0 aromatic heterocycles. The number of carbonyl (C=O) groups excluding carboxylic acids is 1. The Morgan fingerprint density at radius 1 is 1.47 bits per heavy atom. The van der Waals surface area contributed by atoms with E-state index in [1.54, 1.807) is 0 Å². The summed E-state index contributed by atoms with van der Waals surface area (Å²) in [6.07, 6.45) is 0.321. The molecule has 1 fully saturated rings. The Hall–Kier alpha value is -1.95. The molecule has 1 saturated heterocycles. The van der Waals surface area contributed by atoms with E-state index in [1.165, 1.54) is 29.2 Å². The van der Waals surface area contributed by atoms with Crippen molar-refractivity contribution in [2.24, 2.45) is 5.73 Å². The number of halogens is 1. The predicted molar refractivity (Wildman–Crippen MR) is 65.8 cm³/mol. The zero-order valence-corrected chi connectivity index (χ0v) is 10.3. The van der Waals surface area contributed by atoms with Crippen LogP contribution in [-0.4, -0.2) is 40.5 Å². The Balaban J connectivity index is 2.15. The summed E-state index contributed by atoms with van der Waals surface area (Å²) in [6, 6.07) is 4.31. The molecule has 1 aromatic carbocycles. The maximum atomic E-state index is 12.8. The largest absolute Gasteiger partial charge is 0.480 e. The molecule has 19 heavy (non-hydrogen) atoms. The van der Waals surface area contributed by atoms with Crippen molar-refractivity contribution in [3.05, 3.63) is 35.6 Å². The van der Waals surface area contributed by atoms with Crippen LogP contribution in [-0.2, 0) is 16.0 Å². The molecule has 1 aliphatic rings.